The highest BCUT2D eigenvalue weighted by atomic mass is 16.8. The minimum atomic E-state index is -1.98. The quantitative estimate of drug-likeness (QED) is 0.126. The van der Waals surface area contributed by atoms with Gasteiger partial charge in [0.05, 0.1) is 24.7 Å². The molecule has 4 saturated carbocycles. The van der Waals surface area contributed by atoms with Crippen molar-refractivity contribution < 1.29 is 74.5 Å². The Hall–Kier alpha value is -1.76. The maximum Gasteiger partial charge on any atom is 0.335 e. The number of aliphatic carboxylic acids is 2. The molecule has 5 aliphatic carbocycles. The van der Waals surface area contributed by atoms with Gasteiger partial charge in [-0.15, -0.1) is 0 Å². The van der Waals surface area contributed by atoms with E-state index in [-0.39, 0.29) is 46.0 Å². The second kappa shape index (κ2) is 14.7. The van der Waals surface area contributed by atoms with E-state index in [2.05, 4.69) is 33.8 Å². The van der Waals surface area contributed by atoms with Crippen LogP contribution in [0.1, 0.15) is 106 Å². The van der Waals surface area contributed by atoms with Gasteiger partial charge in [-0.2, -0.15) is 0 Å². The largest absolute Gasteiger partial charge is 0.481 e. The van der Waals surface area contributed by atoms with Crippen LogP contribution in [0.5, 0.6) is 0 Å². The molecule has 0 aromatic rings. The lowest BCUT2D eigenvalue weighted by molar-refractivity contribution is -0.375. The molecular weight excluding hydrogens is 744 g/mol. The van der Waals surface area contributed by atoms with Crippen LogP contribution in [-0.4, -0.2) is 139 Å². The van der Waals surface area contributed by atoms with Gasteiger partial charge in [0.15, 0.2) is 18.7 Å². The lowest BCUT2D eigenvalue weighted by atomic mass is 9.33. The molecule has 0 aromatic heterocycles. The van der Waals surface area contributed by atoms with Crippen LogP contribution in [0.2, 0.25) is 0 Å². The third-order valence-corrected chi connectivity index (χ3v) is 17.7. The Morgan fingerprint density at radius 3 is 2.07 bits per heavy atom. The molecule has 6 fully saturated rings. The molecule has 0 bridgehead atoms. The van der Waals surface area contributed by atoms with Crippen molar-refractivity contribution in [3.8, 4) is 0 Å². The lowest BCUT2D eigenvalue weighted by Crippen LogP contribution is -2.67. The molecule has 9 N–H and O–H groups in total. The normalized spacial score (nSPS) is 55.0. The molecule has 15 heteroatoms. The first-order valence-electron chi connectivity index (χ1n) is 21.0. The zero-order valence-corrected chi connectivity index (χ0v) is 34.1. The Kier molecular flexibility index (Phi) is 11.2. The molecule has 324 valence electrons. The highest BCUT2D eigenvalue weighted by Crippen LogP contribution is 2.76. The van der Waals surface area contributed by atoms with Gasteiger partial charge in [0.1, 0.15) is 42.7 Å². The summed E-state index contributed by atoms with van der Waals surface area (Å²) >= 11 is 0. The number of aliphatic hydroxyl groups excluding tert-OH is 7. The third kappa shape index (κ3) is 6.39. The van der Waals surface area contributed by atoms with Crippen LogP contribution in [0, 0.1) is 50.2 Å². The molecule has 2 saturated heterocycles. The van der Waals surface area contributed by atoms with E-state index in [1.807, 2.05) is 13.8 Å². The van der Waals surface area contributed by atoms with Crippen LogP contribution >= 0.6 is 0 Å². The number of hydrogen-bond acceptors (Lipinski definition) is 13. The van der Waals surface area contributed by atoms with Crippen molar-refractivity contribution in [1.82, 2.24) is 0 Å². The summed E-state index contributed by atoms with van der Waals surface area (Å²) < 4.78 is 23.8. The topological polar surface area (TPSA) is 253 Å². The highest BCUT2D eigenvalue weighted by Gasteiger charge is 2.69. The SMILES string of the molecule is C[C@@]1(C(=O)O)CC[C@]2(C)CC[C@]3(C)C(=CC[C@H]4[C@@]5(C)CC[C@H](O[C@@H]6O[C@H](C(=O)O)[C@@H](O)[C@H](O)[C@H]6O[C@@H]6O[C@H](CO)[C@@H](O)[C@H](O)[C@H]6O)[C@](C)(CO)[C@H]5CC[C@]43C)[C@@H]2C1. The van der Waals surface area contributed by atoms with Gasteiger partial charge < -0.3 is 64.9 Å². The third-order valence-electron chi connectivity index (χ3n) is 17.7. The average molecular weight is 811 g/mol. The number of fused-ring (bicyclic) bond motifs is 7. The van der Waals surface area contributed by atoms with E-state index in [4.69, 9.17) is 18.9 Å². The predicted octanol–water partition coefficient (Wildman–Crippen LogP) is 1.95. The van der Waals surface area contributed by atoms with Gasteiger partial charge in [-0.1, -0.05) is 46.3 Å². The number of ether oxygens (including phenoxy) is 4. The summed E-state index contributed by atoms with van der Waals surface area (Å²) in [6.07, 6.45) is -7.93. The molecule has 15 nitrogen and oxygen atoms in total. The van der Waals surface area contributed by atoms with Gasteiger partial charge in [-0.3, -0.25) is 4.79 Å². The van der Waals surface area contributed by atoms with Crippen molar-refractivity contribution in [2.45, 2.75) is 173 Å². The number of hydrogen-bond donors (Lipinski definition) is 9. The summed E-state index contributed by atoms with van der Waals surface area (Å²) in [7, 11) is 0. The van der Waals surface area contributed by atoms with E-state index in [9.17, 15) is 55.5 Å². The Bertz CT molecular complexity index is 1590. The van der Waals surface area contributed by atoms with E-state index in [0.717, 1.165) is 38.5 Å². The summed E-state index contributed by atoms with van der Waals surface area (Å²) in [5, 5.41) is 94.7. The van der Waals surface area contributed by atoms with Gasteiger partial charge in [-0.05, 0) is 111 Å². The van der Waals surface area contributed by atoms with Crippen LogP contribution in [0.3, 0.4) is 0 Å². The van der Waals surface area contributed by atoms with E-state index in [1.165, 1.54) is 5.57 Å². The van der Waals surface area contributed by atoms with Gasteiger partial charge in [0.25, 0.3) is 0 Å². The van der Waals surface area contributed by atoms with E-state index in [1.54, 1.807) is 0 Å². The van der Waals surface area contributed by atoms with E-state index < -0.39 is 96.9 Å². The second-order valence-electron chi connectivity index (χ2n) is 20.4. The molecule has 0 radical (unpaired) electrons. The van der Waals surface area contributed by atoms with Gasteiger partial charge >= 0.3 is 11.9 Å². The first-order valence-corrected chi connectivity index (χ1v) is 21.0. The van der Waals surface area contributed by atoms with E-state index >= 15 is 0 Å². The van der Waals surface area contributed by atoms with Crippen LogP contribution < -0.4 is 0 Å². The van der Waals surface area contributed by atoms with Crippen molar-refractivity contribution in [3.05, 3.63) is 11.6 Å². The smallest absolute Gasteiger partial charge is 0.335 e. The fourth-order valence-electron chi connectivity index (χ4n) is 13.6. The molecule has 57 heavy (non-hydrogen) atoms. The maximum atomic E-state index is 12.5. The molecule has 0 unspecified atom stereocenters. The lowest BCUT2D eigenvalue weighted by Gasteiger charge is -2.71. The zero-order chi connectivity index (χ0) is 41.8. The van der Waals surface area contributed by atoms with Crippen molar-refractivity contribution >= 4 is 11.9 Å². The minimum absolute atomic E-state index is 0.0524. The Morgan fingerprint density at radius 2 is 1.44 bits per heavy atom. The number of carbonyl (C=O) groups is 2. The van der Waals surface area contributed by atoms with Gasteiger partial charge in [0.2, 0.25) is 0 Å². The molecule has 0 aromatic carbocycles. The van der Waals surface area contributed by atoms with E-state index in [0.29, 0.717) is 25.7 Å². The molecule has 2 aliphatic heterocycles. The number of aliphatic hydroxyl groups is 7. The molecule has 7 rings (SSSR count). The summed E-state index contributed by atoms with van der Waals surface area (Å²) in [4.78, 5) is 24.7. The van der Waals surface area contributed by atoms with Crippen molar-refractivity contribution in [1.29, 1.82) is 0 Å². The minimum Gasteiger partial charge on any atom is -0.481 e. The molecule has 0 amide bonds. The molecule has 7 aliphatic rings. The molecular formula is C42H66O15. The fourth-order valence-corrected chi connectivity index (χ4v) is 13.6. The summed E-state index contributed by atoms with van der Waals surface area (Å²) in [6, 6.07) is 0. The van der Waals surface area contributed by atoms with Gasteiger partial charge in [-0.25, -0.2) is 4.79 Å². The standard InChI is InChI=1S/C42H66O15/c1-37-13-14-38(2,36(52)53)17-21(37)20-7-8-24-39(3)11-10-25(40(4,19-44)23(39)9-12-42(24,6)41(20,5)16-15-37)55-35-32(29(48)28(47)31(56-35)33(50)51)57-34-30(49)27(46)26(45)22(18-43)54-34/h7,21-32,34-35,43-49H,8-19H2,1-6H3,(H,50,51)(H,52,53)/t21-,22+,23-,24-,25-,26+,27-,28-,29-,30+,31-,32+,34-,35+,37+,38+,39-,40+,41+,42+/m0/s1. The van der Waals surface area contributed by atoms with Crippen LogP contribution in [0.15, 0.2) is 11.6 Å². The summed E-state index contributed by atoms with van der Waals surface area (Å²) in [5.41, 5.74) is -0.640. The summed E-state index contributed by atoms with van der Waals surface area (Å²) in [5.74, 6) is -1.90. The predicted molar refractivity (Wildman–Crippen MR) is 200 cm³/mol. The number of carboxylic acid groups (broad SMARTS) is 2. The monoisotopic (exact) mass is 810 g/mol. The number of carboxylic acids is 2. The Labute approximate surface area is 334 Å². The first kappa shape index (κ1) is 43.3. The van der Waals surface area contributed by atoms with Crippen molar-refractivity contribution in [3.63, 3.8) is 0 Å². The van der Waals surface area contributed by atoms with Crippen LogP contribution in [-0.2, 0) is 28.5 Å². The Morgan fingerprint density at radius 1 is 0.754 bits per heavy atom. The Balaban J connectivity index is 1.17. The highest BCUT2D eigenvalue weighted by molar-refractivity contribution is 5.74. The van der Waals surface area contributed by atoms with Crippen molar-refractivity contribution in [2.75, 3.05) is 13.2 Å². The second-order valence-corrected chi connectivity index (χ2v) is 20.4. The zero-order valence-electron chi connectivity index (χ0n) is 34.1. The van der Waals surface area contributed by atoms with Gasteiger partial charge in [0, 0.05) is 5.41 Å². The summed E-state index contributed by atoms with van der Waals surface area (Å²) in [6.45, 7) is 12.4. The molecule has 0 spiro atoms. The van der Waals surface area contributed by atoms with Crippen LogP contribution in [0.25, 0.3) is 0 Å². The molecule has 2 heterocycles. The maximum absolute atomic E-state index is 12.5. The fraction of sp³-hybridized carbons (Fsp3) is 0.905. The average Bonchev–Trinajstić information content (AvgIpc) is 3.16. The van der Waals surface area contributed by atoms with Crippen molar-refractivity contribution in [2.24, 2.45) is 50.2 Å². The first-order chi connectivity index (χ1) is 26.5. The van der Waals surface area contributed by atoms with Crippen LogP contribution in [0.4, 0.5) is 0 Å². The number of rotatable bonds is 8. The number of allylic oxidation sites excluding steroid dienone is 2. The molecule has 20 atom stereocenters.